The normalized spacial score (nSPS) is 13.4. The van der Waals surface area contributed by atoms with Crippen LogP contribution in [0.4, 0.5) is 5.69 Å². The van der Waals surface area contributed by atoms with Crippen molar-refractivity contribution in [3.05, 3.63) is 89.5 Å². The van der Waals surface area contributed by atoms with E-state index in [1.54, 1.807) is 18.2 Å². The molecule has 0 fully saturated rings. The first-order valence-corrected chi connectivity index (χ1v) is 15.4. The Kier molecular flexibility index (Phi) is 9.54. The minimum atomic E-state index is -3.89. The van der Waals surface area contributed by atoms with Gasteiger partial charge in [-0.25, -0.2) is 8.42 Å². The standard InChI is InChI=1S/C31H37N3O6S/c1-22(2)32-31(36)27(18-24-11-6-5-7-12-24)33(20-25-13-9-8-10-23(25)3)30(35)21-34(41(4,37)38)26-14-15-28-29(19-26)40-17-16-39-28/h5-15,19,22,27H,16-18,20-21H2,1-4H3,(H,32,36)/t27-/m0/s1. The summed E-state index contributed by atoms with van der Waals surface area (Å²) in [4.78, 5) is 29.3. The molecule has 0 unspecified atom stereocenters. The first-order chi connectivity index (χ1) is 19.5. The van der Waals surface area contributed by atoms with Crippen LogP contribution in [-0.4, -0.2) is 63.2 Å². The highest BCUT2D eigenvalue weighted by molar-refractivity contribution is 7.92. The maximum Gasteiger partial charge on any atom is 0.244 e. The molecule has 3 aromatic carbocycles. The summed E-state index contributed by atoms with van der Waals surface area (Å²) >= 11 is 0. The Morgan fingerprint density at radius 1 is 0.927 bits per heavy atom. The van der Waals surface area contributed by atoms with E-state index >= 15 is 0 Å². The van der Waals surface area contributed by atoms with Gasteiger partial charge in [-0.1, -0.05) is 54.6 Å². The van der Waals surface area contributed by atoms with Gasteiger partial charge in [-0.3, -0.25) is 13.9 Å². The third-order valence-electron chi connectivity index (χ3n) is 6.80. The summed E-state index contributed by atoms with van der Waals surface area (Å²) in [7, 11) is -3.89. The van der Waals surface area contributed by atoms with Crippen molar-refractivity contribution < 1.29 is 27.5 Å². The van der Waals surface area contributed by atoms with E-state index in [4.69, 9.17) is 9.47 Å². The summed E-state index contributed by atoms with van der Waals surface area (Å²) < 4.78 is 38.3. The number of carbonyl (C=O) groups is 2. The highest BCUT2D eigenvalue weighted by Gasteiger charge is 2.33. The number of fused-ring (bicyclic) bond motifs is 1. The predicted molar refractivity (Wildman–Crippen MR) is 159 cm³/mol. The topological polar surface area (TPSA) is 105 Å². The fourth-order valence-corrected chi connectivity index (χ4v) is 5.55. The average molecular weight is 580 g/mol. The number of ether oxygens (including phenoxy) is 2. The monoisotopic (exact) mass is 579 g/mol. The van der Waals surface area contributed by atoms with E-state index in [1.165, 1.54) is 4.90 Å². The summed E-state index contributed by atoms with van der Waals surface area (Å²) in [5, 5.41) is 2.95. The highest BCUT2D eigenvalue weighted by Crippen LogP contribution is 2.34. The van der Waals surface area contributed by atoms with Gasteiger partial charge in [0.2, 0.25) is 21.8 Å². The molecule has 0 aliphatic carbocycles. The molecule has 1 aliphatic rings. The van der Waals surface area contributed by atoms with Gasteiger partial charge in [-0.05, 0) is 49.6 Å². The number of benzene rings is 3. The number of anilines is 1. The molecule has 0 bridgehead atoms. The molecule has 1 atom stereocenters. The van der Waals surface area contributed by atoms with Crippen LogP contribution >= 0.6 is 0 Å². The van der Waals surface area contributed by atoms with Gasteiger partial charge in [-0.15, -0.1) is 0 Å². The second-order valence-electron chi connectivity index (χ2n) is 10.4. The van der Waals surface area contributed by atoms with Crippen LogP contribution in [-0.2, 0) is 32.6 Å². The number of nitrogens with one attached hydrogen (secondary N) is 1. The number of amides is 2. The van der Waals surface area contributed by atoms with Crippen LogP contribution in [0.2, 0.25) is 0 Å². The van der Waals surface area contributed by atoms with Crippen molar-refractivity contribution in [2.75, 3.05) is 30.3 Å². The van der Waals surface area contributed by atoms with Crippen molar-refractivity contribution in [2.24, 2.45) is 0 Å². The molecular formula is C31H37N3O6S. The van der Waals surface area contributed by atoms with Gasteiger partial charge in [0.25, 0.3) is 0 Å². The van der Waals surface area contributed by atoms with E-state index in [0.717, 1.165) is 27.3 Å². The number of carbonyl (C=O) groups excluding carboxylic acids is 2. The fraction of sp³-hybridized carbons (Fsp3) is 0.355. The predicted octanol–water partition coefficient (Wildman–Crippen LogP) is 3.70. The minimum Gasteiger partial charge on any atom is -0.486 e. The van der Waals surface area contributed by atoms with Crippen LogP contribution in [0.25, 0.3) is 0 Å². The van der Waals surface area contributed by atoms with Crippen molar-refractivity contribution >= 4 is 27.5 Å². The molecule has 0 saturated carbocycles. The van der Waals surface area contributed by atoms with Gasteiger partial charge in [0.1, 0.15) is 25.8 Å². The molecule has 218 valence electrons. The molecule has 0 spiro atoms. The Labute approximate surface area is 242 Å². The summed E-state index contributed by atoms with van der Waals surface area (Å²) in [5.74, 6) is 0.101. The molecule has 1 heterocycles. The molecule has 2 amide bonds. The lowest BCUT2D eigenvalue weighted by molar-refractivity contribution is -0.140. The smallest absolute Gasteiger partial charge is 0.244 e. The molecule has 4 rings (SSSR count). The Balaban J connectivity index is 1.74. The molecule has 0 saturated heterocycles. The number of sulfonamides is 1. The molecule has 41 heavy (non-hydrogen) atoms. The first-order valence-electron chi connectivity index (χ1n) is 13.6. The van der Waals surface area contributed by atoms with Crippen molar-refractivity contribution in [1.29, 1.82) is 0 Å². The lowest BCUT2D eigenvalue weighted by atomic mass is 10.0. The molecule has 0 radical (unpaired) electrons. The van der Waals surface area contributed by atoms with Crippen molar-refractivity contribution in [3.63, 3.8) is 0 Å². The number of rotatable bonds is 11. The molecule has 10 heteroatoms. The van der Waals surface area contributed by atoms with Crippen LogP contribution in [0.1, 0.15) is 30.5 Å². The zero-order valence-corrected chi connectivity index (χ0v) is 24.7. The lowest BCUT2D eigenvalue weighted by Gasteiger charge is -2.34. The zero-order chi connectivity index (χ0) is 29.6. The van der Waals surface area contributed by atoms with E-state index < -0.39 is 28.5 Å². The average Bonchev–Trinajstić information content (AvgIpc) is 2.93. The van der Waals surface area contributed by atoms with Crippen LogP contribution in [0, 0.1) is 6.92 Å². The van der Waals surface area contributed by atoms with Gasteiger partial charge >= 0.3 is 0 Å². The SMILES string of the molecule is Cc1ccccc1CN(C(=O)CN(c1ccc2c(c1)OCCO2)S(C)(=O)=O)[C@@H](Cc1ccccc1)C(=O)NC(C)C. The number of hydrogen-bond donors (Lipinski definition) is 1. The largest absolute Gasteiger partial charge is 0.486 e. The first kappa shape index (κ1) is 29.9. The van der Waals surface area contributed by atoms with Crippen molar-refractivity contribution in [2.45, 2.75) is 45.8 Å². The molecular weight excluding hydrogens is 542 g/mol. The second-order valence-corrected chi connectivity index (χ2v) is 12.3. The quantitative estimate of drug-likeness (QED) is 0.372. The van der Waals surface area contributed by atoms with Crippen molar-refractivity contribution in [3.8, 4) is 11.5 Å². The van der Waals surface area contributed by atoms with Gasteiger partial charge in [0.05, 0.1) is 11.9 Å². The van der Waals surface area contributed by atoms with Gasteiger partial charge in [0, 0.05) is 25.1 Å². The second kappa shape index (κ2) is 13.1. The zero-order valence-electron chi connectivity index (χ0n) is 23.9. The molecule has 9 nitrogen and oxygen atoms in total. The Morgan fingerprint density at radius 2 is 1.59 bits per heavy atom. The van der Waals surface area contributed by atoms with E-state index in [9.17, 15) is 18.0 Å². The fourth-order valence-electron chi connectivity index (χ4n) is 4.71. The highest BCUT2D eigenvalue weighted by atomic mass is 32.2. The van der Waals surface area contributed by atoms with E-state index in [2.05, 4.69) is 5.32 Å². The molecule has 1 N–H and O–H groups in total. The summed E-state index contributed by atoms with van der Waals surface area (Å²) in [6.07, 6.45) is 1.32. The summed E-state index contributed by atoms with van der Waals surface area (Å²) in [5.41, 5.74) is 2.97. The number of aryl methyl sites for hydroxylation is 1. The number of nitrogens with zero attached hydrogens (tertiary/aromatic N) is 2. The third-order valence-corrected chi connectivity index (χ3v) is 7.94. The number of hydrogen-bond acceptors (Lipinski definition) is 6. The Morgan fingerprint density at radius 3 is 2.24 bits per heavy atom. The lowest BCUT2D eigenvalue weighted by Crippen LogP contribution is -2.54. The van der Waals surface area contributed by atoms with Crippen LogP contribution in [0.3, 0.4) is 0 Å². The van der Waals surface area contributed by atoms with E-state index in [-0.39, 0.29) is 30.6 Å². The summed E-state index contributed by atoms with van der Waals surface area (Å²) in [6, 6.07) is 20.8. The van der Waals surface area contributed by atoms with Crippen LogP contribution in [0.15, 0.2) is 72.8 Å². The third kappa shape index (κ3) is 7.79. The Bertz CT molecular complexity index is 1480. The molecule has 1 aliphatic heterocycles. The van der Waals surface area contributed by atoms with Crippen molar-refractivity contribution in [1.82, 2.24) is 10.2 Å². The molecule has 3 aromatic rings. The maximum atomic E-state index is 14.2. The van der Waals surface area contributed by atoms with Gasteiger partial charge in [0.15, 0.2) is 11.5 Å². The maximum absolute atomic E-state index is 14.2. The van der Waals surface area contributed by atoms with Crippen LogP contribution < -0.4 is 19.1 Å². The van der Waals surface area contributed by atoms with E-state index in [0.29, 0.717) is 24.7 Å². The molecule has 0 aromatic heterocycles. The minimum absolute atomic E-state index is 0.132. The Hall–Kier alpha value is -4.05. The van der Waals surface area contributed by atoms with Crippen LogP contribution in [0.5, 0.6) is 11.5 Å². The summed E-state index contributed by atoms with van der Waals surface area (Å²) in [6.45, 7) is 6.03. The van der Waals surface area contributed by atoms with Gasteiger partial charge in [-0.2, -0.15) is 0 Å². The van der Waals surface area contributed by atoms with E-state index in [1.807, 2.05) is 75.4 Å². The van der Waals surface area contributed by atoms with Gasteiger partial charge < -0.3 is 19.7 Å².